The molecular formula is C26H35N3O3. The van der Waals surface area contributed by atoms with E-state index < -0.39 is 0 Å². The molecule has 0 aromatic heterocycles. The summed E-state index contributed by atoms with van der Waals surface area (Å²) in [6.45, 7) is 8.21. The van der Waals surface area contributed by atoms with Crippen LogP contribution in [0.2, 0.25) is 0 Å². The van der Waals surface area contributed by atoms with Crippen LogP contribution in [0.15, 0.2) is 47.6 Å². The number of carbonyl (C=O) groups excluding carboxylic acids is 1. The summed E-state index contributed by atoms with van der Waals surface area (Å²) in [7, 11) is 1.63. The third-order valence-electron chi connectivity index (χ3n) is 5.72. The van der Waals surface area contributed by atoms with Gasteiger partial charge in [-0.3, -0.25) is 4.79 Å². The summed E-state index contributed by atoms with van der Waals surface area (Å²) in [4.78, 5) is 12.8. The topological polar surface area (TPSA) is 63.2 Å². The number of nitrogens with zero attached hydrogens (tertiary/aromatic N) is 2. The predicted molar refractivity (Wildman–Crippen MR) is 129 cm³/mol. The first-order valence-electron chi connectivity index (χ1n) is 11.6. The number of unbranched alkanes of at least 4 members (excludes halogenated alkanes) is 1. The number of carbonyl (C=O) groups is 1. The summed E-state index contributed by atoms with van der Waals surface area (Å²) in [5, 5.41) is 9.83. The van der Waals surface area contributed by atoms with Crippen LogP contribution in [0, 0.1) is 5.92 Å². The lowest BCUT2D eigenvalue weighted by Gasteiger charge is -2.29. The molecule has 172 valence electrons. The maximum Gasteiger partial charge on any atom is 0.243 e. The Morgan fingerprint density at radius 3 is 2.53 bits per heavy atom. The summed E-state index contributed by atoms with van der Waals surface area (Å²) in [5.41, 5.74) is 4.05. The van der Waals surface area contributed by atoms with Crippen molar-refractivity contribution in [3.63, 3.8) is 0 Å². The van der Waals surface area contributed by atoms with Gasteiger partial charge in [0.05, 0.1) is 26.0 Å². The van der Waals surface area contributed by atoms with Crippen molar-refractivity contribution >= 4 is 17.3 Å². The van der Waals surface area contributed by atoms with Crippen LogP contribution in [0.5, 0.6) is 11.5 Å². The van der Waals surface area contributed by atoms with Gasteiger partial charge in [-0.2, -0.15) is 5.10 Å². The Kier molecular flexibility index (Phi) is 8.54. The molecular weight excluding hydrogens is 402 g/mol. The lowest BCUT2D eigenvalue weighted by molar-refractivity contribution is -0.133. The summed E-state index contributed by atoms with van der Waals surface area (Å²) < 4.78 is 11.2. The van der Waals surface area contributed by atoms with E-state index in [1.807, 2.05) is 25.1 Å². The number of rotatable bonds is 11. The fourth-order valence-electron chi connectivity index (χ4n) is 3.85. The van der Waals surface area contributed by atoms with E-state index in [0.29, 0.717) is 31.1 Å². The molecule has 1 N–H and O–H groups in total. The molecule has 0 radical (unpaired) electrons. The highest BCUT2D eigenvalue weighted by Crippen LogP contribution is 2.32. The maximum absolute atomic E-state index is 12.8. The molecule has 1 aliphatic heterocycles. The Balaban J connectivity index is 1.82. The molecule has 1 aliphatic rings. The van der Waals surface area contributed by atoms with Gasteiger partial charge in [0.15, 0.2) is 11.5 Å². The maximum atomic E-state index is 12.8. The summed E-state index contributed by atoms with van der Waals surface area (Å²) in [6, 6.07) is 14.1. The molecule has 1 heterocycles. The second-order valence-electron chi connectivity index (χ2n) is 8.02. The van der Waals surface area contributed by atoms with Gasteiger partial charge in [0.25, 0.3) is 0 Å². The molecule has 1 unspecified atom stereocenters. The highest BCUT2D eigenvalue weighted by molar-refractivity contribution is 6.06. The first-order valence-corrected chi connectivity index (χ1v) is 11.6. The van der Waals surface area contributed by atoms with E-state index in [1.165, 1.54) is 6.42 Å². The van der Waals surface area contributed by atoms with Gasteiger partial charge in [0, 0.05) is 30.1 Å². The van der Waals surface area contributed by atoms with Crippen molar-refractivity contribution < 1.29 is 14.3 Å². The van der Waals surface area contributed by atoms with Crippen molar-refractivity contribution in [2.45, 2.75) is 53.0 Å². The van der Waals surface area contributed by atoms with E-state index in [-0.39, 0.29) is 11.8 Å². The number of hydrogen-bond donors (Lipinski definition) is 1. The van der Waals surface area contributed by atoms with Crippen molar-refractivity contribution in [2.75, 3.05) is 25.6 Å². The van der Waals surface area contributed by atoms with Gasteiger partial charge in [-0.1, -0.05) is 32.4 Å². The second-order valence-corrected chi connectivity index (χ2v) is 8.02. The van der Waals surface area contributed by atoms with Crippen LogP contribution in [0.25, 0.3) is 0 Å². The first-order chi connectivity index (χ1) is 15.6. The highest BCUT2D eigenvalue weighted by Gasteiger charge is 2.29. The van der Waals surface area contributed by atoms with Crippen LogP contribution in [0.1, 0.15) is 57.6 Å². The number of hydrazone groups is 1. The molecule has 6 heteroatoms. The Bertz CT molecular complexity index is 924. The van der Waals surface area contributed by atoms with Gasteiger partial charge < -0.3 is 14.8 Å². The lowest BCUT2D eigenvalue weighted by Crippen LogP contribution is -2.36. The first kappa shape index (κ1) is 23.6. The van der Waals surface area contributed by atoms with Crippen molar-refractivity contribution in [1.29, 1.82) is 0 Å². The molecule has 6 nitrogen and oxygen atoms in total. The van der Waals surface area contributed by atoms with Gasteiger partial charge in [-0.25, -0.2) is 5.01 Å². The van der Waals surface area contributed by atoms with Gasteiger partial charge in [-0.05, 0) is 55.7 Å². The molecule has 0 aliphatic carbocycles. The minimum Gasteiger partial charge on any atom is -0.493 e. The minimum absolute atomic E-state index is 0.0595. The highest BCUT2D eigenvalue weighted by atomic mass is 16.5. The van der Waals surface area contributed by atoms with Gasteiger partial charge >= 0.3 is 0 Å². The van der Waals surface area contributed by atoms with E-state index in [0.717, 1.165) is 41.9 Å². The van der Waals surface area contributed by atoms with E-state index in [9.17, 15) is 4.79 Å². The molecule has 32 heavy (non-hydrogen) atoms. The van der Waals surface area contributed by atoms with Crippen LogP contribution in [0.4, 0.5) is 5.69 Å². The monoisotopic (exact) mass is 437 g/mol. The molecule has 2 aromatic rings. The summed E-state index contributed by atoms with van der Waals surface area (Å²) in [5.74, 6) is 1.54. The number of nitrogens with one attached hydrogen (secondary N) is 1. The van der Waals surface area contributed by atoms with Crippen molar-refractivity contribution in [3.8, 4) is 11.5 Å². The van der Waals surface area contributed by atoms with Crippen LogP contribution < -0.4 is 14.8 Å². The molecule has 0 saturated heterocycles. The molecule has 3 rings (SSSR count). The van der Waals surface area contributed by atoms with Crippen LogP contribution in [-0.2, 0) is 11.3 Å². The lowest BCUT2D eigenvalue weighted by atomic mass is 9.89. The van der Waals surface area contributed by atoms with Gasteiger partial charge in [0.2, 0.25) is 5.91 Å². The Morgan fingerprint density at radius 1 is 1.09 bits per heavy atom. The predicted octanol–water partition coefficient (Wildman–Crippen LogP) is 5.47. The molecule has 1 amide bonds. The van der Waals surface area contributed by atoms with Crippen LogP contribution in [0.3, 0.4) is 0 Å². The minimum atomic E-state index is 0.0595. The van der Waals surface area contributed by atoms with Crippen LogP contribution >= 0.6 is 0 Å². The second kappa shape index (κ2) is 11.6. The normalized spacial score (nSPS) is 16.0. The fourth-order valence-corrected chi connectivity index (χ4v) is 3.85. The Labute approximate surface area is 191 Å². The smallest absolute Gasteiger partial charge is 0.243 e. The summed E-state index contributed by atoms with van der Waals surface area (Å²) in [6.07, 6.45) is 3.63. The quantitative estimate of drug-likeness (QED) is 0.474. The molecule has 0 fully saturated rings. The number of anilines is 1. The van der Waals surface area contributed by atoms with Crippen molar-refractivity contribution in [3.05, 3.63) is 53.6 Å². The van der Waals surface area contributed by atoms with E-state index in [1.54, 1.807) is 12.1 Å². The average Bonchev–Trinajstić information content (AvgIpc) is 2.81. The van der Waals surface area contributed by atoms with Crippen LogP contribution in [-0.4, -0.2) is 36.9 Å². The van der Waals surface area contributed by atoms with E-state index in [4.69, 9.17) is 14.6 Å². The standard InChI is InChI=1S/C26H35N3O3/c1-5-8-15-27-22-12-9-19(10-13-22)18-29-25(30)17-20(6-2)26(28-29)21-11-14-23(31-4)24(16-21)32-7-3/h9-14,16,20,27H,5-8,15,17-18H2,1-4H3. The van der Waals surface area contributed by atoms with Crippen molar-refractivity contribution in [1.82, 2.24) is 5.01 Å². The number of amides is 1. The largest absolute Gasteiger partial charge is 0.493 e. The number of methoxy groups -OCH3 is 1. The molecule has 0 saturated carbocycles. The molecule has 0 spiro atoms. The summed E-state index contributed by atoms with van der Waals surface area (Å²) >= 11 is 0. The van der Waals surface area contributed by atoms with Crippen molar-refractivity contribution in [2.24, 2.45) is 11.0 Å². The Morgan fingerprint density at radius 2 is 1.88 bits per heavy atom. The Hall–Kier alpha value is -3.02. The SMILES string of the molecule is CCCCNc1ccc(CN2N=C(c3ccc(OC)c(OCC)c3)C(CC)CC2=O)cc1. The molecule has 2 aromatic carbocycles. The number of benzene rings is 2. The zero-order chi connectivity index (χ0) is 22.9. The number of ether oxygens (including phenoxy) is 2. The average molecular weight is 438 g/mol. The van der Waals surface area contributed by atoms with E-state index >= 15 is 0 Å². The van der Waals surface area contributed by atoms with Gasteiger partial charge in [0.1, 0.15) is 0 Å². The number of hydrogen-bond acceptors (Lipinski definition) is 5. The van der Waals surface area contributed by atoms with Gasteiger partial charge in [-0.15, -0.1) is 0 Å². The van der Waals surface area contributed by atoms with E-state index in [2.05, 4.69) is 43.4 Å². The zero-order valence-electron chi connectivity index (χ0n) is 19.7. The molecule has 0 bridgehead atoms. The third kappa shape index (κ3) is 5.81. The fraction of sp³-hybridized carbons (Fsp3) is 0.462. The zero-order valence-corrected chi connectivity index (χ0v) is 19.7. The molecule has 1 atom stereocenters. The third-order valence-corrected chi connectivity index (χ3v) is 5.72.